The van der Waals surface area contributed by atoms with Crippen LogP contribution in [0.2, 0.25) is 0 Å². The minimum absolute atomic E-state index is 0. The summed E-state index contributed by atoms with van der Waals surface area (Å²) in [5.41, 5.74) is 1.95. The first kappa shape index (κ1) is 15.4. The molecule has 1 saturated heterocycles. The Morgan fingerprint density at radius 2 is 1.95 bits per heavy atom. The second-order valence-corrected chi connectivity index (χ2v) is 4.18. The smallest absolute Gasteiger partial charge is 0.161 e. The van der Waals surface area contributed by atoms with Gasteiger partial charge < -0.3 is 14.8 Å². The molecule has 0 bridgehead atoms. The van der Waals surface area contributed by atoms with Crippen LogP contribution in [0.3, 0.4) is 0 Å². The Morgan fingerprint density at radius 1 is 1.21 bits per heavy atom. The first-order valence-corrected chi connectivity index (χ1v) is 5.91. The average Bonchev–Trinajstić information content (AvgIpc) is 2.38. The van der Waals surface area contributed by atoms with Gasteiger partial charge in [0.15, 0.2) is 11.5 Å². The Bertz CT molecular complexity index is 486. The number of hydrogen-bond donors (Lipinski definition) is 1. The third-order valence-corrected chi connectivity index (χ3v) is 2.89. The zero-order chi connectivity index (χ0) is 13.0. The molecule has 0 aliphatic carbocycles. The van der Waals surface area contributed by atoms with Crippen LogP contribution in [0.5, 0.6) is 11.5 Å². The molecular weight excluding hydrogens is 266 g/mol. The molecular formula is C14H18ClNO3. The van der Waals surface area contributed by atoms with Crippen LogP contribution in [-0.2, 0) is 4.79 Å². The molecule has 0 amide bonds. The van der Waals surface area contributed by atoms with E-state index < -0.39 is 0 Å². The molecule has 0 saturated carbocycles. The number of Topliss-reactive ketones (excluding diaryl/α,β-unsaturated/α-hetero) is 1. The van der Waals surface area contributed by atoms with Gasteiger partial charge in [-0.15, -0.1) is 12.4 Å². The number of ether oxygens (including phenoxy) is 2. The number of halogens is 1. The zero-order valence-corrected chi connectivity index (χ0v) is 11.9. The summed E-state index contributed by atoms with van der Waals surface area (Å²) in [4.78, 5) is 11.4. The van der Waals surface area contributed by atoms with Crippen LogP contribution >= 0.6 is 12.4 Å². The number of ketones is 1. The number of benzene rings is 1. The number of carbonyl (C=O) groups excluding carboxylic acids is 1. The van der Waals surface area contributed by atoms with E-state index in [9.17, 15) is 4.79 Å². The van der Waals surface area contributed by atoms with E-state index in [-0.39, 0.29) is 18.2 Å². The van der Waals surface area contributed by atoms with Gasteiger partial charge in [0.25, 0.3) is 0 Å². The monoisotopic (exact) mass is 283 g/mol. The number of allylic oxidation sites excluding steroid dienone is 1. The number of nitrogens with one attached hydrogen (secondary N) is 1. The van der Waals surface area contributed by atoms with E-state index in [1.165, 1.54) is 0 Å². The number of piperidine rings is 1. The van der Waals surface area contributed by atoms with E-state index in [0.717, 1.165) is 17.8 Å². The SMILES string of the molecule is COc1ccc(C=C2CC(=O)CCN2)cc1OC.Cl. The summed E-state index contributed by atoms with van der Waals surface area (Å²) >= 11 is 0. The fourth-order valence-electron chi connectivity index (χ4n) is 1.97. The Hall–Kier alpha value is -1.68. The number of rotatable bonds is 3. The van der Waals surface area contributed by atoms with Crippen molar-refractivity contribution in [2.45, 2.75) is 12.8 Å². The van der Waals surface area contributed by atoms with Gasteiger partial charge >= 0.3 is 0 Å². The summed E-state index contributed by atoms with van der Waals surface area (Å²) in [6, 6.07) is 5.69. The molecule has 1 aromatic rings. The lowest BCUT2D eigenvalue weighted by molar-refractivity contribution is -0.119. The molecule has 19 heavy (non-hydrogen) atoms. The number of hydrogen-bond acceptors (Lipinski definition) is 4. The average molecular weight is 284 g/mol. The molecule has 1 aromatic carbocycles. The normalized spacial score (nSPS) is 16.5. The highest BCUT2D eigenvalue weighted by atomic mass is 35.5. The summed E-state index contributed by atoms with van der Waals surface area (Å²) in [5.74, 6) is 1.67. The summed E-state index contributed by atoms with van der Waals surface area (Å²) in [6.07, 6.45) is 3.07. The van der Waals surface area contributed by atoms with E-state index in [1.54, 1.807) is 14.2 Å². The van der Waals surface area contributed by atoms with Crippen LogP contribution < -0.4 is 14.8 Å². The van der Waals surface area contributed by atoms with Gasteiger partial charge in [0, 0.05) is 25.1 Å². The lowest BCUT2D eigenvalue weighted by atomic mass is 10.1. The molecule has 1 aliphatic heterocycles. The Morgan fingerprint density at radius 3 is 2.58 bits per heavy atom. The van der Waals surface area contributed by atoms with Crippen molar-refractivity contribution in [2.24, 2.45) is 0 Å². The van der Waals surface area contributed by atoms with E-state index in [1.807, 2.05) is 24.3 Å². The molecule has 1 aliphatic rings. The molecule has 0 unspecified atom stereocenters. The van der Waals surface area contributed by atoms with Crippen LogP contribution in [0.1, 0.15) is 18.4 Å². The molecule has 0 atom stereocenters. The Kier molecular flexibility index (Phi) is 5.70. The van der Waals surface area contributed by atoms with Crippen molar-refractivity contribution in [1.29, 1.82) is 0 Å². The van der Waals surface area contributed by atoms with Gasteiger partial charge in [0.05, 0.1) is 14.2 Å². The standard InChI is InChI=1S/C14H17NO3.ClH/c1-17-13-4-3-10(8-14(13)18-2)7-11-9-12(16)5-6-15-11;/h3-4,7-8,15H,5-6,9H2,1-2H3;1H. The topological polar surface area (TPSA) is 47.6 Å². The van der Waals surface area contributed by atoms with E-state index in [0.29, 0.717) is 24.3 Å². The molecule has 4 nitrogen and oxygen atoms in total. The maximum Gasteiger partial charge on any atom is 0.161 e. The van der Waals surface area contributed by atoms with Crippen molar-refractivity contribution >= 4 is 24.3 Å². The van der Waals surface area contributed by atoms with Gasteiger partial charge in [0.2, 0.25) is 0 Å². The molecule has 5 heteroatoms. The molecule has 1 N–H and O–H groups in total. The predicted molar refractivity (Wildman–Crippen MR) is 77.0 cm³/mol. The van der Waals surface area contributed by atoms with Crippen molar-refractivity contribution in [3.8, 4) is 11.5 Å². The highest BCUT2D eigenvalue weighted by Gasteiger charge is 2.12. The zero-order valence-electron chi connectivity index (χ0n) is 11.1. The first-order chi connectivity index (χ1) is 8.72. The van der Waals surface area contributed by atoms with E-state index in [4.69, 9.17) is 9.47 Å². The maximum absolute atomic E-state index is 11.4. The summed E-state index contributed by atoms with van der Waals surface area (Å²) < 4.78 is 10.4. The Labute approximate surface area is 119 Å². The Balaban J connectivity index is 0.00000180. The van der Waals surface area contributed by atoms with Crippen molar-refractivity contribution < 1.29 is 14.3 Å². The summed E-state index contributed by atoms with van der Waals surface area (Å²) in [7, 11) is 3.22. The second-order valence-electron chi connectivity index (χ2n) is 4.18. The minimum Gasteiger partial charge on any atom is -0.493 e. The number of methoxy groups -OCH3 is 2. The van der Waals surface area contributed by atoms with E-state index >= 15 is 0 Å². The lowest BCUT2D eigenvalue weighted by Gasteiger charge is -2.16. The molecule has 2 rings (SSSR count). The van der Waals surface area contributed by atoms with Gasteiger partial charge in [-0.25, -0.2) is 0 Å². The van der Waals surface area contributed by atoms with Crippen LogP contribution in [0, 0.1) is 0 Å². The molecule has 104 valence electrons. The predicted octanol–water partition coefficient (Wildman–Crippen LogP) is 2.42. The quantitative estimate of drug-likeness (QED) is 0.925. The fraction of sp³-hybridized carbons (Fsp3) is 0.357. The van der Waals surface area contributed by atoms with Crippen molar-refractivity contribution in [3.05, 3.63) is 29.5 Å². The van der Waals surface area contributed by atoms with Gasteiger partial charge in [-0.05, 0) is 23.8 Å². The molecule has 1 fully saturated rings. The van der Waals surface area contributed by atoms with E-state index in [2.05, 4.69) is 5.32 Å². The van der Waals surface area contributed by atoms with Crippen LogP contribution in [0.25, 0.3) is 6.08 Å². The van der Waals surface area contributed by atoms with Crippen molar-refractivity contribution in [2.75, 3.05) is 20.8 Å². The minimum atomic E-state index is 0. The van der Waals surface area contributed by atoms with Gasteiger partial charge in [-0.1, -0.05) is 6.07 Å². The highest BCUT2D eigenvalue weighted by Crippen LogP contribution is 2.28. The second kappa shape index (κ2) is 7.04. The molecule has 1 heterocycles. The number of carbonyl (C=O) groups is 1. The highest BCUT2D eigenvalue weighted by molar-refractivity contribution is 5.85. The molecule has 0 aromatic heterocycles. The summed E-state index contributed by atoms with van der Waals surface area (Å²) in [6.45, 7) is 0.720. The maximum atomic E-state index is 11.4. The molecule has 0 spiro atoms. The van der Waals surface area contributed by atoms with Gasteiger partial charge in [-0.3, -0.25) is 4.79 Å². The van der Waals surface area contributed by atoms with Gasteiger partial charge in [0.1, 0.15) is 5.78 Å². The summed E-state index contributed by atoms with van der Waals surface area (Å²) in [5, 5.41) is 3.23. The van der Waals surface area contributed by atoms with Crippen molar-refractivity contribution in [1.82, 2.24) is 5.32 Å². The first-order valence-electron chi connectivity index (χ1n) is 5.91. The van der Waals surface area contributed by atoms with Gasteiger partial charge in [-0.2, -0.15) is 0 Å². The van der Waals surface area contributed by atoms with Crippen LogP contribution in [-0.4, -0.2) is 26.5 Å². The molecule has 0 radical (unpaired) electrons. The van der Waals surface area contributed by atoms with Crippen molar-refractivity contribution in [3.63, 3.8) is 0 Å². The third-order valence-electron chi connectivity index (χ3n) is 2.89. The van der Waals surface area contributed by atoms with Crippen LogP contribution in [0.15, 0.2) is 23.9 Å². The third kappa shape index (κ3) is 3.89. The van der Waals surface area contributed by atoms with Crippen LogP contribution in [0.4, 0.5) is 0 Å². The fourth-order valence-corrected chi connectivity index (χ4v) is 1.97. The lowest BCUT2D eigenvalue weighted by Crippen LogP contribution is -2.25. The largest absolute Gasteiger partial charge is 0.493 e.